The molecule has 10 aromatic rings. The van der Waals surface area contributed by atoms with Crippen LogP contribution in [-0.4, -0.2) is 4.57 Å². The predicted octanol–water partition coefficient (Wildman–Crippen LogP) is 17.3. The fraction of sp³-hybridized carbons (Fsp3) is 0.129. The lowest BCUT2D eigenvalue weighted by molar-refractivity contribution is 1.18. The molecule has 0 unspecified atom stereocenters. The Morgan fingerprint density at radius 3 is 0.762 bits per heavy atom. The first-order valence-corrected chi connectivity index (χ1v) is 22.2. The van der Waals surface area contributed by atoms with Gasteiger partial charge >= 0.3 is 0 Å². The lowest BCUT2D eigenvalue weighted by atomic mass is 9.90. The summed E-state index contributed by atoms with van der Waals surface area (Å²) in [5.74, 6) is 0. The number of hydrogen-bond acceptors (Lipinski definition) is 0. The van der Waals surface area contributed by atoms with Gasteiger partial charge < -0.3 is 4.57 Å². The molecule has 0 spiro atoms. The molecule has 306 valence electrons. The molecule has 1 aromatic heterocycles. The van der Waals surface area contributed by atoms with Crippen LogP contribution in [0.4, 0.5) is 0 Å². The number of fused-ring (bicyclic) bond motifs is 3. The Morgan fingerprint density at radius 2 is 0.476 bits per heavy atom. The van der Waals surface area contributed by atoms with Crippen molar-refractivity contribution in [1.82, 2.24) is 4.57 Å². The molecule has 0 atom stereocenters. The van der Waals surface area contributed by atoms with E-state index in [-0.39, 0.29) is 0 Å². The van der Waals surface area contributed by atoms with E-state index in [1.54, 1.807) is 0 Å². The SMILES string of the molecule is Cc1cc(C)cc(-c2cc(-c3cc(C)cc(C)c3)cc(-c3ccc4c(c3)c3cc(-c5cc(-c6cc(C)cc(C)c6)cc(-c6cc(C)cc(C)c6)c5)ccc3n4-c3ccccc3)c2)c1. The zero-order valence-electron chi connectivity index (χ0n) is 37.7. The number of aromatic nitrogens is 1. The molecular weight excluding hydrogens is 759 g/mol. The third-order valence-corrected chi connectivity index (χ3v) is 12.5. The number of rotatable bonds is 7. The van der Waals surface area contributed by atoms with Crippen LogP contribution >= 0.6 is 0 Å². The maximum atomic E-state index is 2.43. The second-order valence-corrected chi connectivity index (χ2v) is 18.2. The van der Waals surface area contributed by atoms with Gasteiger partial charge in [0.05, 0.1) is 11.0 Å². The van der Waals surface area contributed by atoms with E-state index in [1.165, 1.54) is 133 Å². The summed E-state index contributed by atoms with van der Waals surface area (Å²) in [6, 6.07) is 66.8. The molecular formula is C62H53N. The van der Waals surface area contributed by atoms with E-state index in [0.29, 0.717) is 0 Å². The number of nitrogens with zero attached hydrogens (tertiary/aromatic N) is 1. The van der Waals surface area contributed by atoms with E-state index in [2.05, 4.69) is 236 Å². The van der Waals surface area contributed by atoms with E-state index >= 15 is 0 Å². The van der Waals surface area contributed by atoms with E-state index in [0.717, 1.165) is 5.69 Å². The number of aryl methyl sites for hydroxylation is 8. The molecule has 0 aliphatic heterocycles. The number of hydrogen-bond donors (Lipinski definition) is 0. The zero-order chi connectivity index (χ0) is 43.5. The second kappa shape index (κ2) is 15.9. The first-order valence-electron chi connectivity index (χ1n) is 22.2. The Hall–Kier alpha value is -7.22. The van der Waals surface area contributed by atoms with Gasteiger partial charge in [0.1, 0.15) is 0 Å². The van der Waals surface area contributed by atoms with E-state index in [1.807, 2.05) is 0 Å². The average molecular weight is 812 g/mol. The fourth-order valence-electron chi connectivity index (χ4n) is 10.1. The Morgan fingerprint density at radius 1 is 0.222 bits per heavy atom. The smallest absolute Gasteiger partial charge is 0.0541 e. The minimum atomic E-state index is 1.15. The van der Waals surface area contributed by atoms with Crippen LogP contribution in [0, 0.1) is 55.4 Å². The molecule has 0 radical (unpaired) electrons. The number of para-hydroxylation sites is 1. The summed E-state index contributed by atoms with van der Waals surface area (Å²) in [5.41, 5.74) is 28.4. The van der Waals surface area contributed by atoms with Gasteiger partial charge in [-0.1, -0.05) is 148 Å². The number of benzene rings is 9. The van der Waals surface area contributed by atoms with Gasteiger partial charge in [0.25, 0.3) is 0 Å². The summed E-state index contributed by atoms with van der Waals surface area (Å²) >= 11 is 0. The molecule has 9 aromatic carbocycles. The highest BCUT2D eigenvalue weighted by atomic mass is 15.0. The van der Waals surface area contributed by atoms with Crippen LogP contribution < -0.4 is 0 Å². The minimum absolute atomic E-state index is 1.15. The van der Waals surface area contributed by atoms with Gasteiger partial charge in [0, 0.05) is 16.5 Å². The third-order valence-electron chi connectivity index (χ3n) is 12.5. The Bertz CT molecular complexity index is 2980. The lowest BCUT2D eigenvalue weighted by Crippen LogP contribution is -1.93. The summed E-state index contributed by atoms with van der Waals surface area (Å²) in [7, 11) is 0. The molecule has 0 aliphatic carbocycles. The second-order valence-electron chi connectivity index (χ2n) is 18.2. The molecule has 1 nitrogen and oxygen atoms in total. The largest absolute Gasteiger partial charge is 0.309 e. The van der Waals surface area contributed by atoms with E-state index < -0.39 is 0 Å². The lowest BCUT2D eigenvalue weighted by Gasteiger charge is -2.14. The summed E-state index contributed by atoms with van der Waals surface area (Å²) in [6.45, 7) is 17.6. The topological polar surface area (TPSA) is 4.93 Å². The predicted molar refractivity (Wildman–Crippen MR) is 271 cm³/mol. The van der Waals surface area contributed by atoms with Crippen LogP contribution in [0.3, 0.4) is 0 Å². The van der Waals surface area contributed by atoms with Crippen molar-refractivity contribution in [2.75, 3.05) is 0 Å². The first kappa shape index (κ1) is 39.9. The zero-order valence-corrected chi connectivity index (χ0v) is 37.7. The normalized spacial score (nSPS) is 11.5. The maximum Gasteiger partial charge on any atom is 0.0541 e. The van der Waals surface area contributed by atoms with Crippen LogP contribution in [0.5, 0.6) is 0 Å². The molecule has 0 N–H and O–H groups in total. The Balaban J connectivity index is 1.20. The monoisotopic (exact) mass is 811 g/mol. The van der Waals surface area contributed by atoms with Crippen LogP contribution in [0.2, 0.25) is 0 Å². The summed E-state index contributed by atoms with van der Waals surface area (Å²) in [6.07, 6.45) is 0. The third kappa shape index (κ3) is 7.92. The molecule has 1 heteroatoms. The fourth-order valence-corrected chi connectivity index (χ4v) is 10.1. The average Bonchev–Trinajstić information content (AvgIpc) is 3.58. The minimum Gasteiger partial charge on any atom is -0.309 e. The van der Waals surface area contributed by atoms with Crippen molar-refractivity contribution in [2.24, 2.45) is 0 Å². The molecule has 63 heavy (non-hydrogen) atoms. The summed E-state index contributed by atoms with van der Waals surface area (Å²) < 4.78 is 2.43. The van der Waals surface area contributed by atoms with Crippen molar-refractivity contribution in [3.05, 3.63) is 220 Å². The van der Waals surface area contributed by atoms with E-state index in [9.17, 15) is 0 Å². The molecule has 0 amide bonds. The van der Waals surface area contributed by atoms with Crippen molar-refractivity contribution < 1.29 is 0 Å². The summed E-state index contributed by atoms with van der Waals surface area (Å²) in [5, 5.41) is 2.47. The van der Waals surface area contributed by atoms with Crippen molar-refractivity contribution in [3.63, 3.8) is 0 Å². The molecule has 0 bridgehead atoms. The van der Waals surface area contributed by atoms with Gasteiger partial charge in [-0.15, -0.1) is 0 Å². The van der Waals surface area contributed by atoms with Crippen molar-refractivity contribution in [1.29, 1.82) is 0 Å². The molecule has 0 fully saturated rings. The Labute approximate surface area is 373 Å². The van der Waals surface area contributed by atoms with Gasteiger partial charge in [-0.25, -0.2) is 0 Å². The van der Waals surface area contributed by atoms with Gasteiger partial charge in [0.2, 0.25) is 0 Å². The quantitative estimate of drug-likeness (QED) is 0.151. The standard InChI is InChI=1S/C62H53N/c1-38-18-39(2)23-48(22-38)54-30-52(31-55(34-54)49-24-40(3)19-41(4)25-49)46-14-16-61-59(36-46)60-37-47(15-17-62(60)63(61)58-12-10-9-11-13-58)53-32-56(50-26-42(5)20-43(6)27-50)35-57(33-53)51-28-44(7)21-45(8)29-51/h9-37H,1-8H3. The van der Waals surface area contributed by atoms with Crippen molar-refractivity contribution >= 4 is 21.8 Å². The molecule has 0 saturated heterocycles. The van der Waals surface area contributed by atoms with Gasteiger partial charge in [-0.05, 0) is 195 Å². The summed E-state index contributed by atoms with van der Waals surface area (Å²) in [4.78, 5) is 0. The highest BCUT2D eigenvalue weighted by molar-refractivity contribution is 6.12. The highest BCUT2D eigenvalue weighted by Crippen LogP contribution is 2.41. The van der Waals surface area contributed by atoms with Gasteiger partial charge in [0.15, 0.2) is 0 Å². The van der Waals surface area contributed by atoms with Crippen molar-refractivity contribution in [2.45, 2.75) is 55.4 Å². The van der Waals surface area contributed by atoms with E-state index in [4.69, 9.17) is 0 Å². The molecule has 0 saturated carbocycles. The Kier molecular flexibility index (Phi) is 10.1. The first-order chi connectivity index (χ1) is 30.4. The van der Waals surface area contributed by atoms with Gasteiger partial charge in [-0.3, -0.25) is 0 Å². The van der Waals surface area contributed by atoms with Gasteiger partial charge in [-0.2, -0.15) is 0 Å². The maximum absolute atomic E-state index is 2.43. The molecule has 0 aliphatic rings. The van der Waals surface area contributed by atoms with Crippen molar-refractivity contribution in [3.8, 4) is 72.4 Å². The molecule has 10 rings (SSSR count). The van der Waals surface area contributed by atoms with Crippen LogP contribution in [0.15, 0.2) is 176 Å². The van der Waals surface area contributed by atoms with Crippen LogP contribution in [0.1, 0.15) is 44.5 Å². The van der Waals surface area contributed by atoms with Crippen LogP contribution in [-0.2, 0) is 0 Å². The highest BCUT2D eigenvalue weighted by Gasteiger charge is 2.17. The molecule has 1 heterocycles. The van der Waals surface area contributed by atoms with Crippen LogP contribution in [0.25, 0.3) is 94.3 Å².